The van der Waals surface area contributed by atoms with Gasteiger partial charge in [-0.2, -0.15) is 0 Å². The molecule has 1 saturated heterocycles. The molecule has 2 aromatic rings. The average molecular weight is 447 g/mol. The average Bonchev–Trinajstić information content (AvgIpc) is 2.94. The zero-order valence-corrected chi connectivity index (χ0v) is 16.6. The summed E-state index contributed by atoms with van der Waals surface area (Å²) >= 11 is 0. The highest BCUT2D eigenvalue weighted by Gasteiger charge is 2.44. The highest BCUT2D eigenvalue weighted by atomic mass is 32.2. The Balaban J connectivity index is 1.62. The summed E-state index contributed by atoms with van der Waals surface area (Å²) in [5.74, 6) is -4.45. The number of nitrogens with zero attached hydrogens (tertiary/aromatic N) is 1. The summed E-state index contributed by atoms with van der Waals surface area (Å²) in [5.41, 5.74) is 0.380. The predicted molar refractivity (Wildman–Crippen MR) is 104 cm³/mol. The molecule has 1 fully saturated rings. The Morgan fingerprint density at radius 1 is 1.00 bits per heavy atom. The van der Waals surface area contributed by atoms with Crippen LogP contribution in [0.25, 0.3) is 0 Å². The minimum Gasteiger partial charge on any atom is -0.329 e. The highest BCUT2D eigenvalue weighted by Crippen LogP contribution is 2.31. The van der Waals surface area contributed by atoms with Crippen molar-refractivity contribution in [2.75, 3.05) is 4.72 Å². The van der Waals surface area contributed by atoms with E-state index in [-0.39, 0.29) is 23.2 Å². The molecule has 0 bridgehead atoms. The van der Waals surface area contributed by atoms with Crippen molar-refractivity contribution in [1.29, 1.82) is 0 Å². The number of anilines is 1. The summed E-state index contributed by atoms with van der Waals surface area (Å²) in [6.45, 7) is 3.65. The van der Waals surface area contributed by atoms with Crippen LogP contribution >= 0.6 is 0 Å². The van der Waals surface area contributed by atoms with Crippen LogP contribution in [-0.4, -0.2) is 37.1 Å². The van der Waals surface area contributed by atoms with E-state index in [1.54, 1.807) is 0 Å². The van der Waals surface area contributed by atoms with Gasteiger partial charge in [0.25, 0.3) is 21.8 Å². The van der Waals surface area contributed by atoms with Crippen LogP contribution in [0, 0.1) is 11.6 Å². The molecule has 2 N–H and O–H groups in total. The summed E-state index contributed by atoms with van der Waals surface area (Å²) in [5, 5.41) is 2.51. The van der Waals surface area contributed by atoms with Crippen molar-refractivity contribution in [1.82, 2.24) is 10.2 Å². The maximum atomic E-state index is 13.4. The number of hydrogen-bond donors (Lipinski definition) is 2. The molecule has 0 spiro atoms. The summed E-state index contributed by atoms with van der Waals surface area (Å²) in [7, 11) is -4.29. The molecular weight excluding hydrogens is 432 g/mol. The Kier molecular flexibility index (Phi) is 4.85. The number of nitrogens with one attached hydrogen (secondary N) is 2. The zero-order chi connectivity index (χ0) is 22.5. The van der Waals surface area contributed by atoms with Crippen LogP contribution in [0.4, 0.5) is 14.5 Å². The third kappa shape index (κ3) is 3.56. The van der Waals surface area contributed by atoms with Crippen LogP contribution < -0.4 is 10.0 Å². The number of carbonyl (C=O) groups excluding carboxylic acids is 3. The molecular formula is C20H15F2N3O5S. The Bertz CT molecular complexity index is 1280. The van der Waals surface area contributed by atoms with Crippen LogP contribution in [0.2, 0.25) is 0 Å². The van der Waals surface area contributed by atoms with Gasteiger partial charge < -0.3 is 5.32 Å². The molecule has 0 radical (unpaired) electrons. The van der Waals surface area contributed by atoms with E-state index in [0.717, 1.165) is 17.0 Å². The van der Waals surface area contributed by atoms with E-state index in [9.17, 15) is 31.6 Å². The van der Waals surface area contributed by atoms with E-state index in [0.29, 0.717) is 24.3 Å². The maximum absolute atomic E-state index is 13.4. The molecule has 160 valence electrons. The van der Waals surface area contributed by atoms with Gasteiger partial charge in [0.2, 0.25) is 5.91 Å². The topological polar surface area (TPSA) is 113 Å². The second-order valence-corrected chi connectivity index (χ2v) is 8.75. The molecule has 2 aliphatic rings. The fourth-order valence-corrected chi connectivity index (χ4v) is 4.53. The van der Waals surface area contributed by atoms with Crippen molar-refractivity contribution in [2.24, 2.45) is 0 Å². The lowest BCUT2D eigenvalue weighted by atomic mass is 10.0. The first-order valence-corrected chi connectivity index (χ1v) is 10.6. The number of rotatable bonds is 4. The van der Waals surface area contributed by atoms with Crippen molar-refractivity contribution >= 4 is 33.4 Å². The molecule has 0 aliphatic carbocycles. The molecule has 2 heterocycles. The van der Waals surface area contributed by atoms with Crippen LogP contribution in [0.15, 0.2) is 53.6 Å². The standard InChI is InChI=1S/C20H15F2N3O5S/c1-10-2-7-17(18(26)23-10)25-19(27)13-5-3-11(8-14(13)20(25)28)24-31(29,30)12-4-6-15(21)16(22)9-12/h3-6,8-9,17,24H,1-2,7H2,(H,23,26). The van der Waals surface area contributed by atoms with E-state index in [1.165, 1.54) is 12.1 Å². The highest BCUT2D eigenvalue weighted by molar-refractivity contribution is 7.92. The molecule has 2 aromatic carbocycles. The van der Waals surface area contributed by atoms with E-state index < -0.39 is 50.3 Å². The molecule has 1 unspecified atom stereocenters. The predicted octanol–water partition coefficient (Wildman–Crippen LogP) is 2.15. The van der Waals surface area contributed by atoms with E-state index in [1.807, 2.05) is 0 Å². The van der Waals surface area contributed by atoms with Crippen LogP contribution in [-0.2, 0) is 14.8 Å². The Morgan fingerprint density at radius 2 is 1.71 bits per heavy atom. The number of carbonyl (C=O) groups is 3. The molecule has 31 heavy (non-hydrogen) atoms. The Hall–Kier alpha value is -3.60. The second-order valence-electron chi connectivity index (χ2n) is 7.07. The van der Waals surface area contributed by atoms with Crippen molar-refractivity contribution in [2.45, 2.75) is 23.8 Å². The molecule has 11 heteroatoms. The Labute approximate surface area is 175 Å². The van der Waals surface area contributed by atoms with Gasteiger partial charge in [0.05, 0.1) is 16.0 Å². The van der Waals surface area contributed by atoms with Gasteiger partial charge in [-0.1, -0.05) is 6.58 Å². The minimum absolute atomic E-state index is 0.0259. The molecule has 4 rings (SSSR count). The quantitative estimate of drug-likeness (QED) is 0.698. The molecule has 0 aromatic heterocycles. The zero-order valence-electron chi connectivity index (χ0n) is 15.8. The summed E-state index contributed by atoms with van der Waals surface area (Å²) in [6, 6.07) is 4.77. The molecule has 1 atom stereocenters. The van der Waals surface area contributed by atoms with Gasteiger partial charge in [0.1, 0.15) is 6.04 Å². The number of benzene rings is 2. The van der Waals surface area contributed by atoms with Gasteiger partial charge >= 0.3 is 0 Å². The van der Waals surface area contributed by atoms with Crippen molar-refractivity contribution in [3.05, 3.63) is 71.4 Å². The first kappa shape index (κ1) is 20.7. The smallest absolute Gasteiger partial charge is 0.262 e. The first-order chi connectivity index (χ1) is 14.6. The van der Waals surface area contributed by atoms with E-state index in [4.69, 9.17) is 0 Å². The fourth-order valence-electron chi connectivity index (χ4n) is 3.47. The molecule has 0 saturated carbocycles. The molecule has 3 amide bonds. The van der Waals surface area contributed by atoms with Crippen LogP contribution in [0.1, 0.15) is 33.6 Å². The maximum Gasteiger partial charge on any atom is 0.262 e. The number of halogens is 2. The molecule has 2 aliphatic heterocycles. The summed E-state index contributed by atoms with van der Waals surface area (Å²) in [4.78, 5) is 38.1. The van der Waals surface area contributed by atoms with Crippen molar-refractivity contribution in [3.8, 4) is 0 Å². The van der Waals surface area contributed by atoms with Gasteiger partial charge in [-0.15, -0.1) is 0 Å². The summed E-state index contributed by atoms with van der Waals surface area (Å²) < 4.78 is 53.6. The third-order valence-electron chi connectivity index (χ3n) is 5.01. The van der Waals surface area contributed by atoms with Gasteiger partial charge in [-0.3, -0.25) is 24.0 Å². The van der Waals surface area contributed by atoms with E-state index >= 15 is 0 Å². The van der Waals surface area contributed by atoms with Gasteiger partial charge in [-0.05, 0) is 49.2 Å². The second kappa shape index (κ2) is 7.27. The van der Waals surface area contributed by atoms with Crippen molar-refractivity contribution in [3.63, 3.8) is 0 Å². The first-order valence-electron chi connectivity index (χ1n) is 9.07. The normalized spacial score (nSPS) is 18.8. The summed E-state index contributed by atoms with van der Waals surface area (Å²) in [6.07, 6.45) is 0.634. The lowest BCUT2D eigenvalue weighted by Crippen LogP contribution is -2.51. The number of piperidine rings is 1. The number of imide groups is 1. The largest absolute Gasteiger partial charge is 0.329 e. The number of amides is 3. The van der Waals surface area contributed by atoms with Gasteiger partial charge in [0.15, 0.2) is 11.6 Å². The lowest BCUT2D eigenvalue weighted by molar-refractivity contribution is -0.125. The Morgan fingerprint density at radius 3 is 2.39 bits per heavy atom. The van der Waals surface area contributed by atoms with Crippen LogP contribution in [0.5, 0.6) is 0 Å². The number of hydrogen-bond acceptors (Lipinski definition) is 5. The van der Waals surface area contributed by atoms with E-state index in [2.05, 4.69) is 16.6 Å². The van der Waals surface area contributed by atoms with Crippen molar-refractivity contribution < 1.29 is 31.6 Å². The van der Waals surface area contributed by atoms with Crippen LogP contribution in [0.3, 0.4) is 0 Å². The number of fused-ring (bicyclic) bond motifs is 1. The fraction of sp³-hybridized carbons (Fsp3) is 0.150. The monoisotopic (exact) mass is 447 g/mol. The molecule has 8 nitrogen and oxygen atoms in total. The van der Waals surface area contributed by atoms with Gasteiger partial charge in [-0.25, -0.2) is 17.2 Å². The lowest BCUT2D eigenvalue weighted by Gasteiger charge is -2.29. The number of sulfonamides is 1. The van der Waals surface area contributed by atoms with Gasteiger partial charge in [0, 0.05) is 11.4 Å². The SMILES string of the molecule is C=C1CCC(N2C(=O)c3ccc(NS(=O)(=O)c4ccc(F)c(F)c4)cc3C2=O)C(=O)N1. The third-order valence-corrected chi connectivity index (χ3v) is 6.38. The number of allylic oxidation sites excluding steroid dienone is 1. The minimum atomic E-state index is -4.29.